The monoisotopic (exact) mass is 436 g/mol. The van der Waals surface area contributed by atoms with Gasteiger partial charge < -0.3 is 10.1 Å². The molecule has 0 radical (unpaired) electrons. The van der Waals surface area contributed by atoms with Crippen LogP contribution < -0.4 is 10.0 Å². The van der Waals surface area contributed by atoms with Gasteiger partial charge in [-0.05, 0) is 38.0 Å². The van der Waals surface area contributed by atoms with Gasteiger partial charge in [-0.3, -0.25) is 9.59 Å². The van der Waals surface area contributed by atoms with Crippen molar-refractivity contribution in [2.75, 3.05) is 6.54 Å². The molecule has 1 saturated carbocycles. The predicted molar refractivity (Wildman–Crippen MR) is 102 cm³/mol. The Labute approximate surface area is 168 Å². The minimum absolute atomic E-state index is 0.0788. The number of ether oxygens (including phenoxy) is 1. The molecule has 0 heterocycles. The maximum absolute atomic E-state index is 12.2. The minimum Gasteiger partial charge on any atom is -0.452 e. The number of nitrogens with one attached hydrogen (secondary N) is 2. The lowest BCUT2D eigenvalue weighted by molar-refractivity contribution is -0.154. The van der Waals surface area contributed by atoms with Crippen molar-refractivity contribution in [3.8, 4) is 0 Å². The maximum atomic E-state index is 12.2. The first-order valence-electron chi connectivity index (χ1n) is 8.63. The molecular weight excluding hydrogens is 415 g/mol. The number of amides is 1. The molecule has 150 valence electrons. The van der Waals surface area contributed by atoms with E-state index in [2.05, 4.69) is 10.0 Å². The number of sulfonamides is 1. The maximum Gasteiger partial charge on any atom is 0.321 e. The average Bonchev–Trinajstić information content (AvgIpc) is 2.63. The van der Waals surface area contributed by atoms with Gasteiger partial charge in [-0.1, -0.05) is 42.5 Å². The van der Waals surface area contributed by atoms with Crippen LogP contribution in [0.1, 0.15) is 39.0 Å². The molecule has 0 saturated heterocycles. The normalized spacial score (nSPS) is 16.6. The highest BCUT2D eigenvalue weighted by Crippen LogP contribution is 2.24. The average molecular weight is 437 g/mol. The van der Waals surface area contributed by atoms with Gasteiger partial charge in [0, 0.05) is 6.04 Å². The molecule has 0 unspecified atom stereocenters. The number of carbonyl (C=O) groups excluding carboxylic acids is 2. The van der Waals surface area contributed by atoms with Crippen LogP contribution in [-0.2, 0) is 24.3 Å². The highest BCUT2D eigenvalue weighted by Gasteiger charge is 2.23. The van der Waals surface area contributed by atoms with Crippen LogP contribution in [0.4, 0.5) is 0 Å². The molecule has 1 aliphatic rings. The standard InChI is InChI=1S/C17H22Cl2N2O5S/c1-11(17(23)21-12-5-3-2-4-6-12)26-16(22)10-20-27(24,25)13-7-8-14(18)15(19)9-13/h7-9,11-12,20H,2-6,10H2,1H3,(H,21,23)/t11-/m0/s1. The number of halogens is 2. The Hall–Kier alpha value is -1.35. The van der Waals surface area contributed by atoms with Crippen molar-refractivity contribution in [2.45, 2.75) is 56.1 Å². The number of esters is 1. The first kappa shape index (κ1) is 21.9. The zero-order valence-corrected chi connectivity index (χ0v) is 17.2. The van der Waals surface area contributed by atoms with Crippen molar-refractivity contribution in [1.82, 2.24) is 10.0 Å². The van der Waals surface area contributed by atoms with Gasteiger partial charge in [-0.2, -0.15) is 4.72 Å². The highest BCUT2D eigenvalue weighted by atomic mass is 35.5. The van der Waals surface area contributed by atoms with Gasteiger partial charge in [0.05, 0.1) is 14.9 Å². The van der Waals surface area contributed by atoms with E-state index in [1.54, 1.807) is 0 Å². The van der Waals surface area contributed by atoms with E-state index in [4.69, 9.17) is 27.9 Å². The van der Waals surface area contributed by atoms with E-state index in [1.165, 1.54) is 25.1 Å². The summed E-state index contributed by atoms with van der Waals surface area (Å²) in [5.41, 5.74) is 0. The molecule has 10 heteroatoms. The van der Waals surface area contributed by atoms with E-state index in [0.717, 1.165) is 32.1 Å². The number of benzene rings is 1. The molecule has 0 bridgehead atoms. The molecule has 0 aliphatic heterocycles. The molecule has 1 aliphatic carbocycles. The van der Waals surface area contributed by atoms with Gasteiger partial charge in [0.1, 0.15) is 6.54 Å². The fraction of sp³-hybridized carbons (Fsp3) is 0.529. The molecule has 1 aromatic carbocycles. The van der Waals surface area contributed by atoms with Crippen LogP contribution in [0.15, 0.2) is 23.1 Å². The van der Waals surface area contributed by atoms with Crippen LogP contribution in [-0.4, -0.2) is 39.0 Å². The van der Waals surface area contributed by atoms with E-state index in [-0.39, 0.29) is 26.9 Å². The predicted octanol–water partition coefficient (Wildman–Crippen LogP) is 2.65. The van der Waals surface area contributed by atoms with Crippen LogP contribution in [0.25, 0.3) is 0 Å². The van der Waals surface area contributed by atoms with Crippen molar-refractivity contribution in [1.29, 1.82) is 0 Å². The second-order valence-corrected chi connectivity index (χ2v) is 8.96. The lowest BCUT2D eigenvalue weighted by Crippen LogP contribution is -2.43. The van der Waals surface area contributed by atoms with E-state index in [1.807, 2.05) is 0 Å². The van der Waals surface area contributed by atoms with Crippen LogP contribution in [0.3, 0.4) is 0 Å². The Morgan fingerprint density at radius 2 is 1.85 bits per heavy atom. The Kier molecular flexibility index (Phi) is 7.91. The molecule has 0 aromatic heterocycles. The van der Waals surface area contributed by atoms with Crippen LogP contribution >= 0.6 is 23.2 Å². The van der Waals surface area contributed by atoms with Crippen molar-refractivity contribution in [3.05, 3.63) is 28.2 Å². The van der Waals surface area contributed by atoms with Crippen molar-refractivity contribution in [2.24, 2.45) is 0 Å². The molecule has 27 heavy (non-hydrogen) atoms. The van der Waals surface area contributed by atoms with Crippen LogP contribution in [0, 0.1) is 0 Å². The molecule has 7 nitrogen and oxygen atoms in total. The Morgan fingerprint density at radius 3 is 2.48 bits per heavy atom. The Balaban J connectivity index is 1.83. The fourth-order valence-electron chi connectivity index (χ4n) is 2.74. The topological polar surface area (TPSA) is 102 Å². The minimum atomic E-state index is -3.97. The molecule has 1 atom stereocenters. The highest BCUT2D eigenvalue weighted by molar-refractivity contribution is 7.89. The summed E-state index contributed by atoms with van der Waals surface area (Å²) in [5, 5.41) is 3.15. The summed E-state index contributed by atoms with van der Waals surface area (Å²) in [6, 6.07) is 3.88. The summed E-state index contributed by atoms with van der Waals surface area (Å²) < 4.78 is 31.5. The van der Waals surface area contributed by atoms with Crippen molar-refractivity contribution < 1.29 is 22.7 Å². The van der Waals surface area contributed by atoms with E-state index < -0.39 is 28.6 Å². The second-order valence-electron chi connectivity index (χ2n) is 6.38. The van der Waals surface area contributed by atoms with Gasteiger partial charge in [0.25, 0.3) is 5.91 Å². The summed E-state index contributed by atoms with van der Waals surface area (Å²) in [7, 11) is -3.97. The molecule has 0 spiro atoms. The molecule has 2 N–H and O–H groups in total. The van der Waals surface area contributed by atoms with Gasteiger partial charge in [-0.15, -0.1) is 0 Å². The summed E-state index contributed by atoms with van der Waals surface area (Å²) in [6.45, 7) is 0.840. The zero-order valence-electron chi connectivity index (χ0n) is 14.8. The van der Waals surface area contributed by atoms with Crippen molar-refractivity contribution in [3.63, 3.8) is 0 Å². The lowest BCUT2D eigenvalue weighted by Gasteiger charge is -2.24. The smallest absolute Gasteiger partial charge is 0.321 e. The number of rotatable bonds is 7. The SMILES string of the molecule is C[C@H](OC(=O)CNS(=O)(=O)c1ccc(Cl)c(Cl)c1)C(=O)NC1CCCCC1. The van der Waals surface area contributed by atoms with Gasteiger partial charge in [-0.25, -0.2) is 8.42 Å². The first-order chi connectivity index (χ1) is 12.7. The molecule has 1 amide bonds. The van der Waals surface area contributed by atoms with Crippen LogP contribution in [0.5, 0.6) is 0 Å². The van der Waals surface area contributed by atoms with E-state index >= 15 is 0 Å². The third-order valence-electron chi connectivity index (χ3n) is 4.24. The zero-order chi connectivity index (χ0) is 20.0. The fourth-order valence-corrected chi connectivity index (χ4v) is 4.10. The molecule has 1 aromatic rings. The Morgan fingerprint density at radius 1 is 1.19 bits per heavy atom. The Bertz CT molecular complexity index is 795. The summed E-state index contributed by atoms with van der Waals surface area (Å²) >= 11 is 11.6. The summed E-state index contributed by atoms with van der Waals surface area (Å²) in [5.74, 6) is -1.24. The first-order valence-corrected chi connectivity index (χ1v) is 10.9. The molecule has 1 fully saturated rings. The van der Waals surface area contributed by atoms with Crippen molar-refractivity contribution >= 4 is 45.1 Å². The largest absolute Gasteiger partial charge is 0.452 e. The number of hydrogen-bond donors (Lipinski definition) is 2. The third-order valence-corrected chi connectivity index (χ3v) is 6.37. The lowest BCUT2D eigenvalue weighted by atomic mass is 9.95. The van der Waals surface area contributed by atoms with E-state index in [0.29, 0.717) is 0 Å². The van der Waals surface area contributed by atoms with Gasteiger partial charge in [0.2, 0.25) is 10.0 Å². The summed E-state index contributed by atoms with van der Waals surface area (Å²) in [6.07, 6.45) is 4.11. The molecule has 2 rings (SSSR count). The third kappa shape index (κ3) is 6.64. The molecular formula is C17H22Cl2N2O5S. The van der Waals surface area contributed by atoms with Gasteiger partial charge >= 0.3 is 5.97 Å². The quantitative estimate of drug-likeness (QED) is 0.639. The summed E-state index contributed by atoms with van der Waals surface area (Å²) in [4.78, 5) is 23.8. The van der Waals surface area contributed by atoms with Crippen LogP contribution in [0.2, 0.25) is 10.0 Å². The second kappa shape index (κ2) is 9.73. The van der Waals surface area contributed by atoms with Gasteiger partial charge in [0.15, 0.2) is 6.10 Å². The van der Waals surface area contributed by atoms with E-state index in [9.17, 15) is 18.0 Å². The number of hydrogen-bond acceptors (Lipinski definition) is 5. The number of carbonyl (C=O) groups is 2.